The van der Waals surface area contributed by atoms with E-state index in [1.807, 2.05) is 6.08 Å². The Balaban J connectivity index is 3.60. The summed E-state index contributed by atoms with van der Waals surface area (Å²) >= 11 is 0. The highest BCUT2D eigenvalue weighted by Crippen LogP contribution is 2.15. The second-order valence-electron chi connectivity index (χ2n) is 12.7. The summed E-state index contributed by atoms with van der Waals surface area (Å²) in [6.45, 7) is 4.30. The van der Waals surface area contributed by atoms with Gasteiger partial charge in [0.25, 0.3) is 0 Å². The standard InChI is InChI=1S/C37H73NO3/c1-3-5-7-9-11-13-15-17-19-20-22-24-26-28-30-32-36(40)35(34-39)38-37(41)33-31-29-27-25-23-21-18-16-14-12-10-8-6-4-2/h30,32,35-36,39-40H,3-29,31,33-34H2,1-2H3,(H,38,41)/b32-30+. The van der Waals surface area contributed by atoms with Gasteiger partial charge in [-0.25, -0.2) is 0 Å². The summed E-state index contributed by atoms with van der Waals surface area (Å²) in [6.07, 6.45) is 40.0. The Morgan fingerprint density at radius 1 is 0.561 bits per heavy atom. The van der Waals surface area contributed by atoms with E-state index in [1.165, 1.54) is 154 Å². The number of aliphatic hydroxyl groups is 2. The second-order valence-corrected chi connectivity index (χ2v) is 12.7. The van der Waals surface area contributed by atoms with Crippen LogP contribution in [0.5, 0.6) is 0 Å². The van der Waals surface area contributed by atoms with Gasteiger partial charge in [0.1, 0.15) is 0 Å². The van der Waals surface area contributed by atoms with E-state index in [-0.39, 0.29) is 12.5 Å². The molecule has 4 heteroatoms. The molecule has 0 aromatic carbocycles. The van der Waals surface area contributed by atoms with Crippen LogP contribution in [0.4, 0.5) is 0 Å². The van der Waals surface area contributed by atoms with Gasteiger partial charge >= 0.3 is 0 Å². The van der Waals surface area contributed by atoms with E-state index in [1.54, 1.807) is 6.08 Å². The first-order chi connectivity index (χ1) is 20.2. The third-order valence-electron chi connectivity index (χ3n) is 8.52. The first kappa shape index (κ1) is 40.1. The molecule has 3 N–H and O–H groups in total. The summed E-state index contributed by atoms with van der Waals surface area (Å²) in [5.74, 6) is -0.0630. The Kier molecular flexibility index (Phi) is 32.9. The average Bonchev–Trinajstić information content (AvgIpc) is 2.97. The molecule has 0 heterocycles. The maximum absolute atomic E-state index is 12.3. The van der Waals surface area contributed by atoms with Gasteiger partial charge in [0.15, 0.2) is 0 Å². The Morgan fingerprint density at radius 2 is 0.902 bits per heavy atom. The van der Waals surface area contributed by atoms with Crippen LogP contribution in [0.15, 0.2) is 12.2 Å². The molecule has 0 aliphatic heterocycles. The summed E-state index contributed by atoms with van der Waals surface area (Å²) in [7, 11) is 0. The van der Waals surface area contributed by atoms with E-state index in [0.29, 0.717) is 6.42 Å². The predicted molar refractivity (Wildman–Crippen MR) is 179 cm³/mol. The quantitative estimate of drug-likeness (QED) is 0.0535. The molecule has 0 aromatic rings. The number of carbonyl (C=O) groups is 1. The van der Waals surface area contributed by atoms with Crippen molar-refractivity contribution in [3.8, 4) is 0 Å². The molecule has 0 aliphatic rings. The highest BCUT2D eigenvalue weighted by Gasteiger charge is 2.17. The molecule has 0 aromatic heterocycles. The molecule has 1 amide bonds. The molecular formula is C37H73NO3. The molecule has 41 heavy (non-hydrogen) atoms. The van der Waals surface area contributed by atoms with Gasteiger partial charge in [-0.3, -0.25) is 4.79 Å². The Hall–Kier alpha value is -0.870. The van der Waals surface area contributed by atoms with E-state index >= 15 is 0 Å². The Bertz CT molecular complexity index is 550. The van der Waals surface area contributed by atoms with Crippen LogP contribution in [0, 0.1) is 0 Å². The van der Waals surface area contributed by atoms with Crippen LogP contribution < -0.4 is 5.32 Å². The van der Waals surface area contributed by atoms with Crippen LogP contribution in [0.25, 0.3) is 0 Å². The monoisotopic (exact) mass is 580 g/mol. The van der Waals surface area contributed by atoms with E-state index in [2.05, 4.69) is 19.2 Å². The number of hydrogen-bond donors (Lipinski definition) is 3. The molecule has 0 saturated carbocycles. The fourth-order valence-corrected chi connectivity index (χ4v) is 5.65. The van der Waals surface area contributed by atoms with Gasteiger partial charge in [-0.2, -0.15) is 0 Å². The number of unbranched alkanes of at least 4 members (excludes halogenated alkanes) is 26. The molecule has 2 unspecified atom stereocenters. The van der Waals surface area contributed by atoms with Crippen molar-refractivity contribution >= 4 is 5.91 Å². The van der Waals surface area contributed by atoms with Gasteiger partial charge in [0.2, 0.25) is 5.91 Å². The van der Waals surface area contributed by atoms with Crippen molar-refractivity contribution in [2.45, 2.75) is 212 Å². The van der Waals surface area contributed by atoms with Crippen molar-refractivity contribution in [1.29, 1.82) is 0 Å². The fourth-order valence-electron chi connectivity index (χ4n) is 5.65. The summed E-state index contributed by atoms with van der Waals surface area (Å²) in [5.41, 5.74) is 0. The van der Waals surface area contributed by atoms with E-state index in [0.717, 1.165) is 25.7 Å². The number of hydrogen-bond acceptors (Lipinski definition) is 3. The lowest BCUT2D eigenvalue weighted by atomic mass is 10.0. The lowest BCUT2D eigenvalue weighted by Crippen LogP contribution is -2.45. The van der Waals surface area contributed by atoms with Crippen molar-refractivity contribution in [3.63, 3.8) is 0 Å². The topological polar surface area (TPSA) is 69.6 Å². The highest BCUT2D eigenvalue weighted by atomic mass is 16.3. The van der Waals surface area contributed by atoms with Crippen molar-refractivity contribution in [2.24, 2.45) is 0 Å². The number of allylic oxidation sites excluding steroid dienone is 1. The van der Waals surface area contributed by atoms with Crippen molar-refractivity contribution in [2.75, 3.05) is 6.61 Å². The van der Waals surface area contributed by atoms with Crippen LogP contribution >= 0.6 is 0 Å². The van der Waals surface area contributed by atoms with Crippen molar-refractivity contribution in [1.82, 2.24) is 5.32 Å². The maximum Gasteiger partial charge on any atom is 0.220 e. The van der Waals surface area contributed by atoms with Crippen LogP contribution in [-0.4, -0.2) is 34.9 Å². The molecule has 0 aliphatic carbocycles. The molecule has 0 fully saturated rings. The minimum absolute atomic E-state index is 0.0630. The minimum atomic E-state index is -0.831. The molecule has 0 rings (SSSR count). The van der Waals surface area contributed by atoms with Crippen molar-refractivity contribution < 1.29 is 15.0 Å². The van der Waals surface area contributed by atoms with Crippen LogP contribution in [0.2, 0.25) is 0 Å². The van der Waals surface area contributed by atoms with Gasteiger partial charge in [0.05, 0.1) is 18.8 Å². The lowest BCUT2D eigenvalue weighted by Gasteiger charge is -2.20. The molecule has 0 radical (unpaired) electrons. The number of nitrogens with one attached hydrogen (secondary N) is 1. The molecule has 0 saturated heterocycles. The summed E-state index contributed by atoms with van der Waals surface area (Å²) in [5, 5.41) is 22.9. The third kappa shape index (κ3) is 30.4. The number of rotatable bonds is 33. The molecule has 0 spiro atoms. The van der Waals surface area contributed by atoms with Gasteiger partial charge in [0, 0.05) is 6.42 Å². The zero-order chi connectivity index (χ0) is 30.1. The molecular weight excluding hydrogens is 506 g/mol. The highest BCUT2D eigenvalue weighted by molar-refractivity contribution is 5.76. The van der Waals surface area contributed by atoms with Gasteiger partial charge in [-0.15, -0.1) is 0 Å². The number of carbonyl (C=O) groups excluding carboxylic acids is 1. The molecule has 244 valence electrons. The van der Waals surface area contributed by atoms with Crippen LogP contribution in [-0.2, 0) is 4.79 Å². The van der Waals surface area contributed by atoms with Gasteiger partial charge in [-0.05, 0) is 19.3 Å². The van der Waals surface area contributed by atoms with Crippen molar-refractivity contribution in [3.05, 3.63) is 12.2 Å². The first-order valence-corrected chi connectivity index (χ1v) is 18.4. The summed E-state index contributed by atoms with van der Waals surface area (Å²) in [6, 6.07) is -0.614. The Morgan fingerprint density at radius 3 is 1.27 bits per heavy atom. The Labute approximate surface area is 256 Å². The van der Waals surface area contributed by atoms with Gasteiger partial charge in [-0.1, -0.05) is 187 Å². The molecule has 0 bridgehead atoms. The lowest BCUT2D eigenvalue weighted by molar-refractivity contribution is -0.123. The SMILES string of the molecule is CCCCCCCCCCCCCCC/C=C/C(O)C(CO)NC(=O)CCCCCCCCCCCCCCCC. The van der Waals surface area contributed by atoms with E-state index in [4.69, 9.17) is 0 Å². The second kappa shape index (κ2) is 33.6. The van der Waals surface area contributed by atoms with Crippen LogP contribution in [0.1, 0.15) is 200 Å². The smallest absolute Gasteiger partial charge is 0.220 e. The number of aliphatic hydroxyl groups excluding tert-OH is 2. The first-order valence-electron chi connectivity index (χ1n) is 18.4. The largest absolute Gasteiger partial charge is 0.394 e. The van der Waals surface area contributed by atoms with Crippen LogP contribution in [0.3, 0.4) is 0 Å². The third-order valence-corrected chi connectivity index (χ3v) is 8.52. The minimum Gasteiger partial charge on any atom is -0.394 e. The average molecular weight is 580 g/mol. The molecule has 2 atom stereocenters. The van der Waals surface area contributed by atoms with Gasteiger partial charge < -0.3 is 15.5 Å². The predicted octanol–water partition coefficient (Wildman–Crippen LogP) is 10.7. The van der Waals surface area contributed by atoms with E-state index < -0.39 is 12.1 Å². The zero-order valence-corrected chi connectivity index (χ0v) is 27.8. The zero-order valence-electron chi connectivity index (χ0n) is 27.8. The normalized spacial score (nSPS) is 13.2. The number of amides is 1. The summed E-state index contributed by atoms with van der Waals surface area (Å²) in [4.78, 5) is 12.3. The molecule has 4 nitrogen and oxygen atoms in total. The maximum atomic E-state index is 12.3. The fraction of sp³-hybridized carbons (Fsp3) is 0.919. The summed E-state index contributed by atoms with van der Waals surface area (Å²) < 4.78 is 0. The van der Waals surface area contributed by atoms with E-state index in [9.17, 15) is 15.0 Å².